The van der Waals surface area contributed by atoms with Gasteiger partial charge in [0.2, 0.25) is 5.95 Å². The molecule has 0 aliphatic rings. The second-order valence-corrected chi connectivity index (χ2v) is 7.76. The zero-order chi connectivity index (χ0) is 20.7. The number of nitrogen functional groups attached to an aromatic ring is 1. The van der Waals surface area contributed by atoms with Crippen LogP contribution in [0.5, 0.6) is 0 Å². The molecule has 1 aromatic carbocycles. The van der Waals surface area contributed by atoms with E-state index in [9.17, 15) is 21.6 Å². The van der Waals surface area contributed by atoms with Gasteiger partial charge in [0.1, 0.15) is 5.82 Å². The standard InChI is InChI=1S/C15H13F3N6O3S/c1-7-5-8(3-4-10(7)28(2,25)26)21-14-20-6-9(11(19)22-14)12-23-24-13(27-12)15(16,17)18/h3-6H,1-2H3,(H3,19,20,21,22). The van der Waals surface area contributed by atoms with E-state index < -0.39 is 27.8 Å². The molecule has 2 heterocycles. The predicted octanol–water partition coefficient (Wildman–Crippen LogP) is 2.58. The maximum Gasteiger partial charge on any atom is 0.470 e. The minimum atomic E-state index is -4.78. The molecule has 0 aliphatic carbocycles. The Morgan fingerprint density at radius 1 is 1.21 bits per heavy atom. The Bertz CT molecular complexity index is 1140. The van der Waals surface area contributed by atoms with Gasteiger partial charge in [0, 0.05) is 18.1 Å². The van der Waals surface area contributed by atoms with Gasteiger partial charge in [-0.15, -0.1) is 10.2 Å². The monoisotopic (exact) mass is 414 g/mol. The van der Waals surface area contributed by atoms with E-state index in [4.69, 9.17) is 5.73 Å². The molecule has 3 rings (SSSR count). The molecule has 13 heteroatoms. The van der Waals surface area contributed by atoms with Gasteiger partial charge in [-0.05, 0) is 30.7 Å². The first kappa shape index (κ1) is 19.5. The highest BCUT2D eigenvalue weighted by Gasteiger charge is 2.38. The number of halogens is 3. The lowest BCUT2D eigenvalue weighted by Gasteiger charge is -2.09. The lowest BCUT2D eigenvalue weighted by atomic mass is 10.2. The van der Waals surface area contributed by atoms with E-state index in [1.165, 1.54) is 12.1 Å². The van der Waals surface area contributed by atoms with Crippen LogP contribution in [0.3, 0.4) is 0 Å². The van der Waals surface area contributed by atoms with E-state index in [1.54, 1.807) is 13.0 Å². The second kappa shape index (κ2) is 6.74. The number of aryl methyl sites for hydroxylation is 1. The summed E-state index contributed by atoms with van der Waals surface area (Å²) in [6, 6.07) is 4.53. The van der Waals surface area contributed by atoms with Crippen molar-refractivity contribution in [2.45, 2.75) is 18.0 Å². The van der Waals surface area contributed by atoms with Gasteiger partial charge in [0.05, 0.1) is 10.5 Å². The fourth-order valence-electron chi connectivity index (χ4n) is 2.34. The van der Waals surface area contributed by atoms with Crippen molar-refractivity contribution in [3.8, 4) is 11.5 Å². The van der Waals surface area contributed by atoms with Crippen LogP contribution in [0.1, 0.15) is 11.5 Å². The summed E-state index contributed by atoms with van der Waals surface area (Å²) in [6.45, 7) is 1.63. The minimum absolute atomic E-state index is 0.0447. The first-order chi connectivity index (χ1) is 12.9. The lowest BCUT2D eigenvalue weighted by Crippen LogP contribution is -2.05. The molecule has 0 radical (unpaired) electrons. The number of sulfone groups is 1. The zero-order valence-corrected chi connectivity index (χ0v) is 15.3. The quantitative estimate of drug-likeness (QED) is 0.660. The molecule has 28 heavy (non-hydrogen) atoms. The molecule has 0 fully saturated rings. The molecule has 0 saturated heterocycles. The van der Waals surface area contributed by atoms with E-state index >= 15 is 0 Å². The maximum atomic E-state index is 12.6. The Morgan fingerprint density at radius 3 is 2.46 bits per heavy atom. The third kappa shape index (κ3) is 4.03. The highest BCUT2D eigenvalue weighted by Crippen LogP contribution is 2.31. The lowest BCUT2D eigenvalue weighted by molar-refractivity contribution is -0.156. The zero-order valence-electron chi connectivity index (χ0n) is 14.4. The topological polar surface area (TPSA) is 137 Å². The molecule has 0 amide bonds. The molecular formula is C15H13F3N6O3S. The molecule has 0 atom stereocenters. The summed E-state index contributed by atoms with van der Waals surface area (Å²) in [6.07, 6.45) is -2.54. The summed E-state index contributed by atoms with van der Waals surface area (Å²) in [5.41, 5.74) is 6.71. The highest BCUT2D eigenvalue weighted by molar-refractivity contribution is 7.90. The predicted molar refractivity (Wildman–Crippen MR) is 92.3 cm³/mol. The van der Waals surface area contributed by atoms with E-state index in [2.05, 4.69) is 29.9 Å². The maximum absolute atomic E-state index is 12.6. The van der Waals surface area contributed by atoms with Crippen LogP contribution in [0.4, 0.5) is 30.6 Å². The fourth-order valence-corrected chi connectivity index (χ4v) is 3.30. The third-order valence-electron chi connectivity index (χ3n) is 3.55. The van der Waals surface area contributed by atoms with Crippen LogP contribution >= 0.6 is 0 Å². The van der Waals surface area contributed by atoms with Crippen molar-refractivity contribution < 1.29 is 26.0 Å². The molecule has 0 saturated carbocycles. The van der Waals surface area contributed by atoms with E-state index in [0.717, 1.165) is 12.5 Å². The Morgan fingerprint density at radius 2 is 1.93 bits per heavy atom. The summed E-state index contributed by atoms with van der Waals surface area (Å²) >= 11 is 0. The minimum Gasteiger partial charge on any atom is -0.412 e. The molecule has 148 valence electrons. The van der Waals surface area contributed by atoms with Crippen molar-refractivity contribution in [1.82, 2.24) is 20.2 Å². The largest absolute Gasteiger partial charge is 0.470 e. The molecule has 0 spiro atoms. The Balaban J connectivity index is 1.85. The molecule has 0 bridgehead atoms. The first-order valence-electron chi connectivity index (χ1n) is 7.56. The van der Waals surface area contributed by atoms with Gasteiger partial charge in [0.25, 0.3) is 5.89 Å². The van der Waals surface area contributed by atoms with Gasteiger partial charge in [-0.25, -0.2) is 13.4 Å². The van der Waals surface area contributed by atoms with Crippen molar-refractivity contribution in [3.05, 3.63) is 35.9 Å². The van der Waals surface area contributed by atoms with Gasteiger partial charge in [0.15, 0.2) is 9.84 Å². The molecule has 3 N–H and O–H groups in total. The van der Waals surface area contributed by atoms with E-state index in [1.807, 2.05) is 0 Å². The van der Waals surface area contributed by atoms with Crippen molar-refractivity contribution in [2.75, 3.05) is 17.3 Å². The fraction of sp³-hybridized carbons (Fsp3) is 0.200. The van der Waals surface area contributed by atoms with Gasteiger partial charge in [-0.3, -0.25) is 0 Å². The summed E-state index contributed by atoms with van der Waals surface area (Å²) in [4.78, 5) is 8.09. The van der Waals surface area contributed by atoms with Crippen molar-refractivity contribution in [1.29, 1.82) is 0 Å². The number of benzene rings is 1. The number of nitrogens with two attached hydrogens (primary N) is 1. The summed E-state index contributed by atoms with van der Waals surface area (Å²) in [5.74, 6) is -2.11. The van der Waals surface area contributed by atoms with Gasteiger partial charge < -0.3 is 15.5 Å². The summed E-state index contributed by atoms with van der Waals surface area (Å²) < 4.78 is 65.5. The van der Waals surface area contributed by atoms with Crippen LogP contribution < -0.4 is 11.1 Å². The normalized spacial score (nSPS) is 12.2. The number of alkyl halides is 3. The Kier molecular flexibility index (Phi) is 4.71. The molecule has 2 aromatic heterocycles. The molecule has 3 aromatic rings. The smallest absolute Gasteiger partial charge is 0.412 e. The van der Waals surface area contributed by atoms with Crippen LogP contribution in [0.25, 0.3) is 11.5 Å². The van der Waals surface area contributed by atoms with Crippen molar-refractivity contribution in [3.63, 3.8) is 0 Å². The Labute approximate surface area is 156 Å². The SMILES string of the molecule is Cc1cc(Nc2ncc(-c3nnc(C(F)(F)F)o3)c(N)n2)ccc1S(C)(=O)=O. The van der Waals surface area contributed by atoms with Crippen molar-refractivity contribution >= 4 is 27.3 Å². The van der Waals surface area contributed by atoms with Gasteiger partial charge >= 0.3 is 12.1 Å². The average molecular weight is 414 g/mol. The summed E-state index contributed by atoms with van der Waals surface area (Å²) in [5, 5.41) is 9.04. The van der Waals surface area contributed by atoms with Crippen LogP contribution in [0.15, 0.2) is 33.7 Å². The molecular weight excluding hydrogens is 401 g/mol. The first-order valence-corrected chi connectivity index (χ1v) is 9.45. The summed E-state index contributed by atoms with van der Waals surface area (Å²) in [7, 11) is -3.36. The van der Waals surface area contributed by atoms with E-state index in [-0.39, 0.29) is 22.2 Å². The highest BCUT2D eigenvalue weighted by atomic mass is 32.2. The number of rotatable bonds is 4. The number of hydrogen-bond donors (Lipinski definition) is 2. The Hall–Kier alpha value is -3.22. The van der Waals surface area contributed by atoms with E-state index in [0.29, 0.717) is 11.3 Å². The number of nitrogens with zero attached hydrogens (tertiary/aromatic N) is 4. The van der Waals surface area contributed by atoms with Crippen LogP contribution in [-0.4, -0.2) is 34.8 Å². The molecule has 9 nitrogen and oxygen atoms in total. The van der Waals surface area contributed by atoms with Crippen LogP contribution in [0.2, 0.25) is 0 Å². The average Bonchev–Trinajstić information content (AvgIpc) is 3.03. The second-order valence-electron chi connectivity index (χ2n) is 5.78. The number of nitrogens with one attached hydrogen (secondary N) is 1. The van der Waals surface area contributed by atoms with Crippen LogP contribution in [-0.2, 0) is 16.0 Å². The van der Waals surface area contributed by atoms with Crippen LogP contribution in [0, 0.1) is 6.92 Å². The third-order valence-corrected chi connectivity index (χ3v) is 4.80. The van der Waals surface area contributed by atoms with Gasteiger partial charge in [-0.2, -0.15) is 18.2 Å². The molecule has 0 unspecified atom stereocenters. The number of hydrogen-bond acceptors (Lipinski definition) is 9. The number of anilines is 3. The molecule has 0 aliphatic heterocycles. The van der Waals surface area contributed by atoms with Crippen molar-refractivity contribution in [2.24, 2.45) is 0 Å². The van der Waals surface area contributed by atoms with Gasteiger partial charge in [-0.1, -0.05) is 0 Å². The number of aromatic nitrogens is 4.